The number of carbonyl (C=O) groups is 2. The Morgan fingerprint density at radius 2 is 1.83 bits per heavy atom. The van der Waals surface area contributed by atoms with E-state index in [0.717, 1.165) is 44.3 Å². The molecule has 1 fully saturated rings. The summed E-state index contributed by atoms with van der Waals surface area (Å²) in [6, 6.07) is 12.9. The minimum absolute atomic E-state index is 0.157. The third kappa shape index (κ3) is 6.06. The summed E-state index contributed by atoms with van der Waals surface area (Å²) in [7, 11) is 0. The predicted molar refractivity (Wildman–Crippen MR) is 140 cm³/mol. The van der Waals surface area contributed by atoms with Crippen molar-refractivity contribution in [1.82, 2.24) is 9.80 Å². The number of ether oxygens (including phenoxy) is 1. The summed E-state index contributed by atoms with van der Waals surface area (Å²) in [5, 5.41) is 2.84. The molecule has 6 nitrogen and oxygen atoms in total. The van der Waals surface area contributed by atoms with Crippen LogP contribution in [0.15, 0.2) is 42.5 Å². The van der Waals surface area contributed by atoms with E-state index in [1.54, 1.807) is 19.1 Å². The number of nitrogens with zero attached hydrogens (tertiary/aromatic N) is 2. The number of halogens is 1. The molecule has 36 heavy (non-hydrogen) atoms. The summed E-state index contributed by atoms with van der Waals surface area (Å²) in [5.74, 6) is 0.664. The second-order valence-corrected chi connectivity index (χ2v) is 10.1. The maximum atomic E-state index is 13.8. The first kappa shape index (κ1) is 26.1. The molecule has 1 spiro atoms. The number of amides is 2. The summed E-state index contributed by atoms with van der Waals surface area (Å²) >= 11 is 0. The van der Waals surface area contributed by atoms with Crippen LogP contribution in [-0.4, -0.2) is 60.9 Å². The van der Waals surface area contributed by atoms with Crippen LogP contribution in [0.2, 0.25) is 0 Å². The first-order valence-corrected chi connectivity index (χ1v) is 13.2. The largest absolute Gasteiger partial charge is 0.491 e. The SMILES string of the molecule is CCN1CCOc2ccccc2CCCCC2(CCN(CC(=O)Nc3cccc(F)c3C)CC2)C1=O. The molecule has 194 valence electrons. The van der Waals surface area contributed by atoms with E-state index in [2.05, 4.69) is 22.3 Å². The fourth-order valence-electron chi connectivity index (χ4n) is 5.48. The van der Waals surface area contributed by atoms with Gasteiger partial charge in [0.2, 0.25) is 11.8 Å². The van der Waals surface area contributed by atoms with Crippen molar-refractivity contribution in [3.8, 4) is 5.75 Å². The highest BCUT2D eigenvalue weighted by Gasteiger charge is 2.43. The number of para-hydroxylation sites is 1. The average Bonchev–Trinajstić information content (AvgIpc) is 2.88. The van der Waals surface area contributed by atoms with Crippen molar-refractivity contribution in [2.45, 2.75) is 52.4 Å². The van der Waals surface area contributed by atoms with Crippen molar-refractivity contribution in [2.75, 3.05) is 44.6 Å². The number of likely N-dealkylation sites (tertiary alicyclic amines) is 1. The molecule has 2 aliphatic rings. The number of anilines is 1. The van der Waals surface area contributed by atoms with Crippen molar-refractivity contribution in [3.63, 3.8) is 0 Å². The van der Waals surface area contributed by atoms with E-state index in [4.69, 9.17) is 4.74 Å². The van der Waals surface area contributed by atoms with Gasteiger partial charge in [-0.15, -0.1) is 0 Å². The van der Waals surface area contributed by atoms with E-state index >= 15 is 0 Å². The van der Waals surface area contributed by atoms with Crippen LogP contribution >= 0.6 is 0 Å². The summed E-state index contributed by atoms with van der Waals surface area (Å²) in [6.07, 6.45) is 5.30. The number of benzene rings is 2. The Labute approximate surface area is 213 Å². The zero-order valence-electron chi connectivity index (χ0n) is 21.5. The zero-order chi connectivity index (χ0) is 25.5. The van der Waals surface area contributed by atoms with E-state index in [0.29, 0.717) is 44.0 Å². The summed E-state index contributed by atoms with van der Waals surface area (Å²) < 4.78 is 19.9. The van der Waals surface area contributed by atoms with Crippen LogP contribution in [0.4, 0.5) is 10.1 Å². The standard InChI is InChI=1S/C29H38FN3O3/c1-3-33-19-20-36-26-13-5-4-9-23(26)10-6-7-14-29(28(33)35)15-17-32(18-16-29)21-27(34)31-25-12-8-11-24(30)22(25)2/h4-5,8-9,11-13H,3,6-7,10,14-21H2,1-2H3,(H,31,34). The van der Waals surface area contributed by atoms with Gasteiger partial charge in [0.05, 0.1) is 18.5 Å². The van der Waals surface area contributed by atoms with Gasteiger partial charge in [0.25, 0.3) is 0 Å². The van der Waals surface area contributed by atoms with Crippen LogP contribution in [0.1, 0.15) is 50.2 Å². The van der Waals surface area contributed by atoms with Crippen molar-refractivity contribution in [2.24, 2.45) is 5.41 Å². The molecule has 2 heterocycles. The molecule has 7 heteroatoms. The quantitative estimate of drug-likeness (QED) is 0.661. The van der Waals surface area contributed by atoms with Gasteiger partial charge < -0.3 is 15.0 Å². The molecule has 0 bridgehead atoms. The highest BCUT2D eigenvalue weighted by atomic mass is 19.1. The molecule has 1 saturated heterocycles. The number of nitrogens with one attached hydrogen (secondary N) is 1. The first-order valence-electron chi connectivity index (χ1n) is 13.2. The Morgan fingerprint density at radius 3 is 2.61 bits per heavy atom. The molecule has 1 N–H and O–H groups in total. The predicted octanol–water partition coefficient (Wildman–Crippen LogP) is 4.81. The van der Waals surface area contributed by atoms with E-state index in [1.807, 2.05) is 24.0 Å². The highest BCUT2D eigenvalue weighted by molar-refractivity contribution is 5.93. The summed E-state index contributed by atoms with van der Waals surface area (Å²) in [5.41, 5.74) is 1.79. The first-order chi connectivity index (χ1) is 17.4. The molecular formula is C29H38FN3O3. The third-order valence-electron chi connectivity index (χ3n) is 7.79. The van der Waals surface area contributed by atoms with Gasteiger partial charge in [-0.3, -0.25) is 14.5 Å². The Kier molecular flexibility index (Phi) is 8.62. The minimum Gasteiger partial charge on any atom is -0.491 e. The molecule has 2 aromatic carbocycles. The van der Waals surface area contributed by atoms with Crippen LogP contribution in [0.25, 0.3) is 0 Å². The van der Waals surface area contributed by atoms with Gasteiger partial charge in [0.15, 0.2) is 0 Å². The summed E-state index contributed by atoms with van der Waals surface area (Å²) in [6.45, 7) is 7.03. The molecular weight excluding hydrogens is 457 g/mol. The molecule has 0 atom stereocenters. The van der Waals surface area contributed by atoms with Gasteiger partial charge in [-0.1, -0.05) is 30.7 Å². The Balaban J connectivity index is 1.39. The molecule has 0 unspecified atom stereocenters. The van der Waals surface area contributed by atoms with Crippen molar-refractivity contribution >= 4 is 17.5 Å². The fraction of sp³-hybridized carbons (Fsp3) is 0.517. The molecule has 4 rings (SSSR count). The number of aryl methyl sites for hydroxylation is 1. The Morgan fingerprint density at radius 1 is 1.06 bits per heavy atom. The van der Waals surface area contributed by atoms with E-state index in [9.17, 15) is 14.0 Å². The van der Waals surface area contributed by atoms with Crippen LogP contribution in [0.3, 0.4) is 0 Å². The molecule has 2 amide bonds. The molecule has 2 aromatic rings. The van der Waals surface area contributed by atoms with Crippen molar-refractivity contribution < 1.29 is 18.7 Å². The van der Waals surface area contributed by atoms with Gasteiger partial charge in [-0.2, -0.15) is 0 Å². The third-order valence-corrected chi connectivity index (χ3v) is 7.79. The average molecular weight is 496 g/mol. The highest BCUT2D eigenvalue weighted by Crippen LogP contribution is 2.39. The molecule has 0 saturated carbocycles. The van der Waals surface area contributed by atoms with Crippen LogP contribution < -0.4 is 10.1 Å². The van der Waals surface area contributed by atoms with Gasteiger partial charge in [0.1, 0.15) is 18.2 Å². The molecule has 0 radical (unpaired) electrons. The monoisotopic (exact) mass is 495 g/mol. The lowest BCUT2D eigenvalue weighted by Crippen LogP contribution is -2.52. The van der Waals surface area contributed by atoms with Crippen LogP contribution in [0, 0.1) is 18.2 Å². The molecule has 0 aliphatic carbocycles. The number of carbonyl (C=O) groups excluding carboxylic acids is 2. The van der Waals surface area contributed by atoms with Crippen molar-refractivity contribution in [1.29, 1.82) is 0 Å². The van der Waals surface area contributed by atoms with Crippen molar-refractivity contribution in [3.05, 3.63) is 59.4 Å². The topological polar surface area (TPSA) is 61.9 Å². The van der Waals surface area contributed by atoms with E-state index in [1.165, 1.54) is 11.6 Å². The Bertz CT molecular complexity index is 1070. The van der Waals surface area contributed by atoms with Gasteiger partial charge >= 0.3 is 0 Å². The van der Waals surface area contributed by atoms with Gasteiger partial charge in [-0.05, 0) is 82.8 Å². The number of rotatable bonds is 4. The summed E-state index contributed by atoms with van der Waals surface area (Å²) in [4.78, 5) is 30.5. The lowest BCUT2D eigenvalue weighted by molar-refractivity contribution is -0.146. The fourth-order valence-corrected chi connectivity index (χ4v) is 5.48. The number of hydrogen-bond donors (Lipinski definition) is 1. The normalized spacial score (nSPS) is 19.1. The smallest absolute Gasteiger partial charge is 0.238 e. The Hall–Kier alpha value is -2.93. The second kappa shape index (κ2) is 11.9. The minimum atomic E-state index is -0.388. The van der Waals surface area contributed by atoms with Gasteiger partial charge in [0, 0.05) is 17.8 Å². The number of likely N-dealkylation sites (N-methyl/N-ethyl adjacent to an activating group) is 1. The molecule has 2 aliphatic heterocycles. The lowest BCUT2D eigenvalue weighted by atomic mass is 9.73. The number of piperidine rings is 1. The maximum Gasteiger partial charge on any atom is 0.238 e. The molecule has 0 aromatic heterocycles. The number of hydrogen-bond acceptors (Lipinski definition) is 4. The van der Waals surface area contributed by atoms with Crippen LogP contribution in [0.5, 0.6) is 5.75 Å². The maximum absolute atomic E-state index is 13.8. The number of fused-ring (bicyclic) bond motifs is 1. The van der Waals surface area contributed by atoms with E-state index < -0.39 is 0 Å². The zero-order valence-corrected chi connectivity index (χ0v) is 21.5. The van der Waals surface area contributed by atoms with Gasteiger partial charge in [-0.25, -0.2) is 4.39 Å². The second-order valence-electron chi connectivity index (χ2n) is 10.1. The van der Waals surface area contributed by atoms with Crippen LogP contribution in [-0.2, 0) is 16.0 Å². The van der Waals surface area contributed by atoms with E-state index in [-0.39, 0.29) is 29.6 Å². The lowest BCUT2D eigenvalue weighted by Gasteiger charge is -2.43.